The maximum Gasteiger partial charge on any atom is 0.249 e. The smallest absolute Gasteiger partial charge is 0.249 e. The molecule has 3 heterocycles. The number of hydrogen-bond acceptors (Lipinski definition) is 5. The molecule has 0 unspecified atom stereocenters. The molecule has 5 nitrogen and oxygen atoms in total. The van der Waals surface area contributed by atoms with Gasteiger partial charge in [-0.1, -0.05) is 23.4 Å². The summed E-state index contributed by atoms with van der Waals surface area (Å²) in [4.78, 5) is 8.73. The average molecular weight is 343 g/mol. The molecule has 1 aromatic carbocycles. The van der Waals surface area contributed by atoms with Crippen LogP contribution >= 0.6 is 15.9 Å². The average Bonchev–Trinajstić information content (AvgIpc) is 3.14. The lowest BCUT2D eigenvalue weighted by Gasteiger charge is -2.04. The summed E-state index contributed by atoms with van der Waals surface area (Å²) in [7, 11) is 0. The minimum absolute atomic E-state index is 0.0269. The van der Waals surface area contributed by atoms with Crippen LogP contribution in [0, 0.1) is 0 Å². The number of aromatic nitrogens is 3. The Balaban J connectivity index is 1.60. The van der Waals surface area contributed by atoms with Gasteiger partial charge in [0.2, 0.25) is 11.7 Å². The van der Waals surface area contributed by atoms with Gasteiger partial charge in [0.15, 0.2) is 0 Å². The van der Waals surface area contributed by atoms with Crippen LogP contribution < -0.4 is 5.32 Å². The number of nitrogens with zero attached hydrogens (tertiary/aromatic N) is 3. The van der Waals surface area contributed by atoms with E-state index in [1.165, 1.54) is 5.56 Å². The van der Waals surface area contributed by atoms with E-state index in [4.69, 9.17) is 4.52 Å². The molecular weight excluding hydrogens is 332 g/mol. The summed E-state index contributed by atoms with van der Waals surface area (Å²) < 4.78 is 6.31. The number of nitrogens with one attached hydrogen (secondary N) is 1. The fourth-order valence-corrected chi connectivity index (χ4v) is 2.67. The van der Waals surface area contributed by atoms with Gasteiger partial charge in [0.05, 0.1) is 0 Å². The first kappa shape index (κ1) is 12.5. The van der Waals surface area contributed by atoms with E-state index in [2.05, 4.69) is 48.5 Å². The molecule has 1 aliphatic rings. The molecule has 4 rings (SSSR count). The van der Waals surface area contributed by atoms with E-state index >= 15 is 0 Å². The van der Waals surface area contributed by atoms with Gasteiger partial charge in [-0.15, -0.1) is 0 Å². The minimum atomic E-state index is 0.0269. The Labute approximate surface area is 129 Å². The number of hydrogen-bond donors (Lipinski definition) is 1. The molecule has 21 heavy (non-hydrogen) atoms. The number of benzene rings is 1. The molecule has 2 aromatic heterocycles. The fourth-order valence-electron chi connectivity index (χ4n) is 2.44. The van der Waals surface area contributed by atoms with Gasteiger partial charge >= 0.3 is 0 Å². The van der Waals surface area contributed by atoms with Gasteiger partial charge < -0.3 is 9.84 Å². The van der Waals surface area contributed by atoms with Gasteiger partial charge in [0.25, 0.3) is 0 Å². The summed E-state index contributed by atoms with van der Waals surface area (Å²) in [5.74, 6) is 1.10. The summed E-state index contributed by atoms with van der Waals surface area (Å²) in [6.45, 7) is 0. The van der Waals surface area contributed by atoms with Crippen LogP contribution in [0.15, 0.2) is 51.6 Å². The zero-order valence-electron chi connectivity index (χ0n) is 11.0. The third-order valence-corrected chi connectivity index (χ3v) is 3.94. The number of pyridine rings is 1. The Morgan fingerprint density at radius 3 is 2.90 bits per heavy atom. The van der Waals surface area contributed by atoms with Crippen LogP contribution in [0.3, 0.4) is 0 Å². The SMILES string of the molecule is Brc1ccc(-c2noc([C@@H]3Cc4ccccc4N3)n2)nc1. The van der Waals surface area contributed by atoms with Gasteiger partial charge in [0, 0.05) is 22.8 Å². The van der Waals surface area contributed by atoms with E-state index in [-0.39, 0.29) is 6.04 Å². The van der Waals surface area contributed by atoms with E-state index < -0.39 is 0 Å². The Kier molecular flexibility index (Phi) is 2.96. The predicted molar refractivity (Wildman–Crippen MR) is 81.7 cm³/mol. The van der Waals surface area contributed by atoms with Crippen LogP contribution in [0.25, 0.3) is 11.5 Å². The van der Waals surface area contributed by atoms with Gasteiger partial charge in [0.1, 0.15) is 11.7 Å². The number of rotatable bonds is 2. The molecule has 1 N–H and O–H groups in total. The second-order valence-corrected chi connectivity index (χ2v) is 5.79. The zero-order valence-corrected chi connectivity index (χ0v) is 12.5. The van der Waals surface area contributed by atoms with Crippen LogP contribution in [0.2, 0.25) is 0 Å². The van der Waals surface area contributed by atoms with Crippen LogP contribution in [0.1, 0.15) is 17.5 Å². The van der Waals surface area contributed by atoms with Crippen LogP contribution in [0.4, 0.5) is 5.69 Å². The maximum absolute atomic E-state index is 5.39. The van der Waals surface area contributed by atoms with Crippen LogP contribution in [-0.2, 0) is 6.42 Å². The van der Waals surface area contributed by atoms with E-state index in [9.17, 15) is 0 Å². The topological polar surface area (TPSA) is 63.8 Å². The van der Waals surface area contributed by atoms with Crippen molar-refractivity contribution in [2.24, 2.45) is 0 Å². The van der Waals surface area contributed by atoms with E-state index in [1.807, 2.05) is 24.3 Å². The molecule has 0 aliphatic carbocycles. The summed E-state index contributed by atoms with van der Waals surface area (Å²) >= 11 is 3.36. The molecule has 0 bridgehead atoms. The quantitative estimate of drug-likeness (QED) is 0.770. The lowest BCUT2D eigenvalue weighted by molar-refractivity contribution is 0.364. The van der Waals surface area contributed by atoms with Crippen molar-refractivity contribution in [2.75, 3.05) is 5.32 Å². The Bertz CT molecular complexity index is 759. The van der Waals surface area contributed by atoms with Crippen molar-refractivity contribution in [1.82, 2.24) is 15.1 Å². The third-order valence-electron chi connectivity index (χ3n) is 3.47. The molecule has 0 saturated heterocycles. The van der Waals surface area contributed by atoms with Crippen LogP contribution in [-0.4, -0.2) is 15.1 Å². The van der Waals surface area contributed by atoms with Crippen molar-refractivity contribution in [3.63, 3.8) is 0 Å². The molecule has 0 spiro atoms. The van der Waals surface area contributed by atoms with Gasteiger partial charge in [-0.3, -0.25) is 4.98 Å². The van der Waals surface area contributed by atoms with Crippen molar-refractivity contribution in [3.05, 3.63) is 58.5 Å². The van der Waals surface area contributed by atoms with Crippen molar-refractivity contribution in [1.29, 1.82) is 0 Å². The molecule has 6 heteroatoms. The largest absolute Gasteiger partial charge is 0.373 e. The molecule has 0 fully saturated rings. The highest BCUT2D eigenvalue weighted by Gasteiger charge is 2.26. The molecule has 0 amide bonds. The lowest BCUT2D eigenvalue weighted by Crippen LogP contribution is -2.05. The van der Waals surface area contributed by atoms with Crippen molar-refractivity contribution in [2.45, 2.75) is 12.5 Å². The van der Waals surface area contributed by atoms with E-state index in [1.54, 1.807) is 6.20 Å². The number of halogens is 1. The standard InChI is InChI=1S/C15H11BrN4O/c16-10-5-6-12(17-8-10)14-19-15(21-20-14)13-7-9-3-1-2-4-11(9)18-13/h1-6,8,13,18H,7H2/t13-/m0/s1. The summed E-state index contributed by atoms with van der Waals surface area (Å²) in [6, 6.07) is 12.0. The third kappa shape index (κ3) is 2.31. The van der Waals surface area contributed by atoms with Crippen molar-refractivity contribution in [3.8, 4) is 11.5 Å². The van der Waals surface area contributed by atoms with Crippen LogP contribution in [0.5, 0.6) is 0 Å². The summed E-state index contributed by atoms with van der Waals surface area (Å²) in [5.41, 5.74) is 3.09. The number of para-hydroxylation sites is 1. The van der Waals surface area contributed by atoms with Gasteiger partial charge in [-0.05, 0) is 39.7 Å². The number of fused-ring (bicyclic) bond motifs is 1. The second kappa shape index (κ2) is 4.96. The van der Waals surface area contributed by atoms with E-state index in [0.717, 1.165) is 16.6 Å². The minimum Gasteiger partial charge on any atom is -0.373 e. The monoisotopic (exact) mass is 342 g/mol. The van der Waals surface area contributed by atoms with Gasteiger partial charge in [-0.25, -0.2) is 0 Å². The summed E-state index contributed by atoms with van der Waals surface area (Å²) in [5, 5.41) is 7.42. The van der Waals surface area contributed by atoms with Crippen molar-refractivity contribution < 1.29 is 4.52 Å². The summed E-state index contributed by atoms with van der Waals surface area (Å²) in [6.07, 6.45) is 2.57. The molecule has 0 radical (unpaired) electrons. The second-order valence-electron chi connectivity index (χ2n) is 4.88. The van der Waals surface area contributed by atoms with Gasteiger partial charge in [-0.2, -0.15) is 4.98 Å². The first-order valence-electron chi connectivity index (χ1n) is 6.59. The molecular formula is C15H11BrN4O. The Morgan fingerprint density at radius 1 is 1.19 bits per heavy atom. The van der Waals surface area contributed by atoms with E-state index in [0.29, 0.717) is 17.4 Å². The first-order valence-corrected chi connectivity index (χ1v) is 7.39. The molecule has 0 saturated carbocycles. The highest BCUT2D eigenvalue weighted by Crippen LogP contribution is 2.33. The first-order chi connectivity index (χ1) is 10.3. The normalized spacial score (nSPS) is 16.5. The Hall–Kier alpha value is -2.21. The molecule has 1 atom stereocenters. The highest BCUT2D eigenvalue weighted by atomic mass is 79.9. The maximum atomic E-state index is 5.39. The Morgan fingerprint density at radius 2 is 2.10 bits per heavy atom. The predicted octanol–water partition coefficient (Wildman–Crippen LogP) is 3.60. The molecule has 3 aromatic rings. The lowest BCUT2D eigenvalue weighted by atomic mass is 10.1. The zero-order chi connectivity index (χ0) is 14.2. The number of anilines is 1. The fraction of sp³-hybridized carbons (Fsp3) is 0.133. The highest BCUT2D eigenvalue weighted by molar-refractivity contribution is 9.10. The van der Waals surface area contributed by atoms with Crippen molar-refractivity contribution >= 4 is 21.6 Å². The molecule has 104 valence electrons. The molecule has 1 aliphatic heterocycles.